The average molecular weight is 237 g/mol. The lowest BCUT2D eigenvalue weighted by Gasteiger charge is -2.04. The molecule has 2 N–H and O–H groups in total. The zero-order chi connectivity index (χ0) is 12.4. The molecule has 0 bridgehead atoms. The van der Waals surface area contributed by atoms with Gasteiger partial charge in [0.15, 0.2) is 0 Å². The SMILES string of the molecule is CC(C)Nc1cc(-c2cc(F)ccc2F)[nH]n1. The topological polar surface area (TPSA) is 40.7 Å². The summed E-state index contributed by atoms with van der Waals surface area (Å²) in [6.45, 7) is 3.94. The van der Waals surface area contributed by atoms with Crippen molar-refractivity contribution in [1.82, 2.24) is 10.2 Å². The molecule has 0 saturated heterocycles. The molecule has 3 nitrogen and oxygen atoms in total. The van der Waals surface area contributed by atoms with Crippen molar-refractivity contribution in [2.24, 2.45) is 0 Å². The maximum Gasteiger partial charge on any atom is 0.148 e. The van der Waals surface area contributed by atoms with Crippen molar-refractivity contribution < 1.29 is 8.78 Å². The standard InChI is InChI=1S/C12H13F2N3/c1-7(2)15-12-6-11(16-17-12)9-5-8(13)3-4-10(9)14/h3-7H,1-2H3,(H2,15,16,17). The fraction of sp³-hybridized carbons (Fsp3) is 0.250. The zero-order valence-electron chi connectivity index (χ0n) is 9.59. The van der Waals surface area contributed by atoms with Crippen LogP contribution in [-0.2, 0) is 0 Å². The smallest absolute Gasteiger partial charge is 0.148 e. The van der Waals surface area contributed by atoms with Gasteiger partial charge >= 0.3 is 0 Å². The van der Waals surface area contributed by atoms with Crippen molar-refractivity contribution in [3.8, 4) is 11.3 Å². The first-order valence-corrected chi connectivity index (χ1v) is 5.33. The highest BCUT2D eigenvalue weighted by molar-refractivity contribution is 5.63. The van der Waals surface area contributed by atoms with E-state index in [4.69, 9.17) is 0 Å². The molecule has 2 rings (SSSR count). The third kappa shape index (κ3) is 2.61. The van der Waals surface area contributed by atoms with Gasteiger partial charge in [-0.15, -0.1) is 0 Å². The first-order valence-electron chi connectivity index (χ1n) is 5.33. The predicted octanol–water partition coefficient (Wildman–Crippen LogP) is 3.18. The molecule has 0 aliphatic heterocycles. The number of halogens is 2. The van der Waals surface area contributed by atoms with Crippen LogP contribution in [-0.4, -0.2) is 16.2 Å². The number of anilines is 1. The van der Waals surface area contributed by atoms with Crippen LogP contribution in [0.1, 0.15) is 13.8 Å². The summed E-state index contributed by atoms with van der Waals surface area (Å²) in [5, 5.41) is 9.72. The zero-order valence-corrected chi connectivity index (χ0v) is 9.59. The Hall–Kier alpha value is -1.91. The van der Waals surface area contributed by atoms with Crippen molar-refractivity contribution in [2.75, 3.05) is 5.32 Å². The van der Waals surface area contributed by atoms with Gasteiger partial charge in [-0.1, -0.05) is 0 Å². The number of benzene rings is 1. The lowest BCUT2D eigenvalue weighted by Crippen LogP contribution is -2.09. The fourth-order valence-electron chi connectivity index (χ4n) is 1.53. The van der Waals surface area contributed by atoms with E-state index in [-0.39, 0.29) is 11.6 Å². The Bertz CT molecular complexity index is 520. The number of H-pyrrole nitrogens is 1. The Labute approximate surface area is 97.9 Å². The highest BCUT2D eigenvalue weighted by atomic mass is 19.1. The van der Waals surface area contributed by atoms with Crippen LogP contribution < -0.4 is 5.32 Å². The molecule has 5 heteroatoms. The highest BCUT2D eigenvalue weighted by Crippen LogP contribution is 2.23. The van der Waals surface area contributed by atoms with Crippen LogP contribution >= 0.6 is 0 Å². The largest absolute Gasteiger partial charge is 0.366 e. The summed E-state index contributed by atoms with van der Waals surface area (Å²) in [6, 6.07) is 5.20. The van der Waals surface area contributed by atoms with Gasteiger partial charge in [-0.2, -0.15) is 5.10 Å². The minimum Gasteiger partial charge on any atom is -0.366 e. The molecule has 0 saturated carbocycles. The second kappa shape index (κ2) is 4.53. The lowest BCUT2D eigenvalue weighted by molar-refractivity contribution is 0.602. The summed E-state index contributed by atoms with van der Waals surface area (Å²) < 4.78 is 26.5. The molecule has 1 aromatic carbocycles. The maximum atomic E-state index is 13.5. The molecule has 0 amide bonds. The first-order chi connectivity index (χ1) is 8.06. The predicted molar refractivity (Wildman–Crippen MR) is 62.7 cm³/mol. The van der Waals surface area contributed by atoms with Crippen molar-refractivity contribution in [2.45, 2.75) is 19.9 Å². The third-order valence-corrected chi connectivity index (χ3v) is 2.23. The number of nitrogens with one attached hydrogen (secondary N) is 2. The maximum absolute atomic E-state index is 13.5. The quantitative estimate of drug-likeness (QED) is 0.860. The van der Waals surface area contributed by atoms with E-state index >= 15 is 0 Å². The third-order valence-electron chi connectivity index (χ3n) is 2.23. The Morgan fingerprint density at radius 3 is 2.71 bits per heavy atom. The van der Waals surface area contributed by atoms with E-state index in [2.05, 4.69) is 15.5 Å². The minimum atomic E-state index is -0.480. The van der Waals surface area contributed by atoms with E-state index in [9.17, 15) is 8.78 Å². The molecular weight excluding hydrogens is 224 g/mol. The van der Waals surface area contributed by atoms with Crippen LogP contribution in [0.25, 0.3) is 11.3 Å². The number of rotatable bonds is 3. The summed E-state index contributed by atoms with van der Waals surface area (Å²) in [5.41, 5.74) is 0.624. The number of hydrogen-bond acceptors (Lipinski definition) is 2. The molecule has 0 aliphatic carbocycles. The number of aromatic amines is 1. The van der Waals surface area contributed by atoms with Crippen LogP contribution in [0.4, 0.5) is 14.6 Å². The van der Waals surface area contributed by atoms with E-state index in [0.29, 0.717) is 11.5 Å². The van der Waals surface area contributed by atoms with Gasteiger partial charge in [0.1, 0.15) is 17.5 Å². The number of hydrogen-bond donors (Lipinski definition) is 2. The molecule has 0 radical (unpaired) electrons. The van der Waals surface area contributed by atoms with Crippen molar-refractivity contribution >= 4 is 5.82 Å². The number of aromatic nitrogens is 2. The molecular formula is C12H13F2N3. The molecule has 0 fully saturated rings. The van der Waals surface area contributed by atoms with Gasteiger partial charge in [0.2, 0.25) is 0 Å². The van der Waals surface area contributed by atoms with Crippen molar-refractivity contribution in [3.63, 3.8) is 0 Å². The van der Waals surface area contributed by atoms with E-state index in [1.165, 1.54) is 0 Å². The Morgan fingerprint density at radius 2 is 2.00 bits per heavy atom. The van der Waals surface area contributed by atoms with Gasteiger partial charge in [-0.05, 0) is 32.0 Å². The monoisotopic (exact) mass is 237 g/mol. The van der Waals surface area contributed by atoms with Crippen LogP contribution in [0.5, 0.6) is 0 Å². The van der Waals surface area contributed by atoms with Gasteiger partial charge in [0.05, 0.1) is 5.69 Å². The summed E-state index contributed by atoms with van der Waals surface area (Å²) in [4.78, 5) is 0. The van der Waals surface area contributed by atoms with E-state index in [1.54, 1.807) is 6.07 Å². The molecule has 2 aromatic rings. The Morgan fingerprint density at radius 1 is 1.24 bits per heavy atom. The molecule has 90 valence electrons. The van der Waals surface area contributed by atoms with Crippen LogP contribution in [0.3, 0.4) is 0 Å². The summed E-state index contributed by atoms with van der Waals surface area (Å²) in [6.07, 6.45) is 0. The molecule has 0 aliphatic rings. The normalized spacial score (nSPS) is 10.9. The summed E-state index contributed by atoms with van der Waals surface area (Å²) in [7, 11) is 0. The van der Waals surface area contributed by atoms with E-state index in [0.717, 1.165) is 18.2 Å². The van der Waals surface area contributed by atoms with Gasteiger partial charge in [0.25, 0.3) is 0 Å². The second-order valence-corrected chi connectivity index (χ2v) is 4.09. The lowest BCUT2D eigenvalue weighted by atomic mass is 10.1. The van der Waals surface area contributed by atoms with Gasteiger partial charge in [-0.25, -0.2) is 8.78 Å². The first kappa shape index (κ1) is 11.6. The van der Waals surface area contributed by atoms with Crippen molar-refractivity contribution in [1.29, 1.82) is 0 Å². The molecule has 0 unspecified atom stereocenters. The van der Waals surface area contributed by atoms with Crippen LogP contribution in [0.2, 0.25) is 0 Å². The van der Waals surface area contributed by atoms with Crippen LogP contribution in [0, 0.1) is 11.6 Å². The molecule has 1 heterocycles. The van der Waals surface area contributed by atoms with Crippen molar-refractivity contribution in [3.05, 3.63) is 35.9 Å². The molecule has 0 spiro atoms. The fourth-order valence-corrected chi connectivity index (χ4v) is 1.53. The van der Waals surface area contributed by atoms with Crippen LogP contribution in [0.15, 0.2) is 24.3 Å². The number of nitrogens with zero attached hydrogens (tertiary/aromatic N) is 1. The summed E-state index contributed by atoms with van der Waals surface area (Å²) in [5.74, 6) is -0.348. The minimum absolute atomic E-state index is 0.175. The van der Waals surface area contributed by atoms with E-state index in [1.807, 2.05) is 13.8 Å². The molecule has 17 heavy (non-hydrogen) atoms. The molecule has 0 atom stereocenters. The van der Waals surface area contributed by atoms with E-state index < -0.39 is 11.6 Å². The van der Waals surface area contributed by atoms with Gasteiger partial charge in [-0.3, -0.25) is 5.10 Å². The highest BCUT2D eigenvalue weighted by Gasteiger charge is 2.10. The van der Waals surface area contributed by atoms with Gasteiger partial charge < -0.3 is 5.32 Å². The average Bonchev–Trinajstić information content (AvgIpc) is 2.69. The second-order valence-electron chi connectivity index (χ2n) is 4.09. The molecule has 1 aromatic heterocycles. The Kier molecular flexibility index (Phi) is 3.08. The van der Waals surface area contributed by atoms with Gasteiger partial charge in [0, 0.05) is 17.7 Å². The summed E-state index contributed by atoms with van der Waals surface area (Å²) >= 11 is 0. The Balaban J connectivity index is 2.33.